The van der Waals surface area contributed by atoms with Crippen LogP contribution in [-0.2, 0) is 4.79 Å². The van der Waals surface area contributed by atoms with Crippen molar-refractivity contribution >= 4 is 11.5 Å². The Morgan fingerprint density at radius 1 is 1.27 bits per heavy atom. The van der Waals surface area contributed by atoms with E-state index in [-0.39, 0.29) is 5.78 Å². The summed E-state index contributed by atoms with van der Waals surface area (Å²) in [5.41, 5.74) is 2.46. The van der Waals surface area contributed by atoms with Crippen LogP contribution in [0.25, 0.3) is 0 Å². The molecule has 0 aliphatic rings. The summed E-state index contributed by atoms with van der Waals surface area (Å²) in [7, 11) is 0. The zero-order valence-corrected chi connectivity index (χ0v) is 9.79. The Bertz CT molecular complexity index is 316. The molecular weight excluding hydrogens is 186 g/mol. The third kappa shape index (κ3) is 3.74. The monoisotopic (exact) mass is 205 g/mol. The number of hydrogen-bond donors (Lipinski definition) is 0. The molecule has 82 valence electrons. The molecule has 1 aromatic rings. The number of carbonyl (C=O) groups excluding carboxylic acids is 1. The minimum atomic E-state index is 0.251. The summed E-state index contributed by atoms with van der Waals surface area (Å²) in [4.78, 5) is 13.1. The molecular formula is C13H19NO. The van der Waals surface area contributed by atoms with Crippen LogP contribution in [0.4, 0.5) is 5.69 Å². The van der Waals surface area contributed by atoms with Crippen molar-refractivity contribution in [3.05, 3.63) is 29.8 Å². The van der Waals surface area contributed by atoms with Crippen molar-refractivity contribution in [2.75, 3.05) is 18.0 Å². The van der Waals surface area contributed by atoms with Crippen LogP contribution in [-0.4, -0.2) is 18.9 Å². The molecule has 0 spiro atoms. The van der Waals surface area contributed by atoms with E-state index in [1.165, 1.54) is 11.3 Å². The molecule has 0 heterocycles. The van der Waals surface area contributed by atoms with E-state index in [2.05, 4.69) is 43.0 Å². The lowest BCUT2D eigenvalue weighted by molar-refractivity contribution is -0.116. The minimum absolute atomic E-state index is 0.251. The van der Waals surface area contributed by atoms with Crippen molar-refractivity contribution in [3.63, 3.8) is 0 Å². The summed E-state index contributed by atoms with van der Waals surface area (Å²) < 4.78 is 0. The van der Waals surface area contributed by atoms with Crippen LogP contribution in [0.3, 0.4) is 0 Å². The molecule has 0 saturated heterocycles. The summed E-state index contributed by atoms with van der Waals surface area (Å²) in [6.45, 7) is 7.59. The Balaban J connectivity index is 2.65. The number of aryl methyl sites for hydroxylation is 1. The summed E-state index contributed by atoms with van der Waals surface area (Å²) in [6, 6.07) is 8.43. The molecule has 0 atom stereocenters. The van der Waals surface area contributed by atoms with Crippen LogP contribution in [0.5, 0.6) is 0 Å². The molecule has 0 radical (unpaired) electrons. The van der Waals surface area contributed by atoms with Gasteiger partial charge in [0, 0.05) is 25.2 Å². The fourth-order valence-corrected chi connectivity index (χ4v) is 1.52. The molecule has 0 amide bonds. The second-order valence-electron chi connectivity index (χ2n) is 3.87. The Kier molecular flexibility index (Phi) is 4.35. The van der Waals surface area contributed by atoms with Gasteiger partial charge < -0.3 is 4.90 Å². The van der Waals surface area contributed by atoms with Gasteiger partial charge in [0.15, 0.2) is 0 Å². The normalized spacial score (nSPS) is 10.1. The van der Waals surface area contributed by atoms with Gasteiger partial charge in [-0.05, 0) is 32.9 Å². The second-order valence-corrected chi connectivity index (χ2v) is 3.87. The summed E-state index contributed by atoms with van der Waals surface area (Å²) in [5, 5.41) is 0. The molecule has 15 heavy (non-hydrogen) atoms. The van der Waals surface area contributed by atoms with Crippen LogP contribution in [0.2, 0.25) is 0 Å². The molecule has 0 saturated carbocycles. The molecule has 0 fully saturated rings. The van der Waals surface area contributed by atoms with Gasteiger partial charge in [-0.15, -0.1) is 0 Å². The van der Waals surface area contributed by atoms with Gasteiger partial charge in [-0.25, -0.2) is 0 Å². The zero-order chi connectivity index (χ0) is 11.3. The topological polar surface area (TPSA) is 20.3 Å². The van der Waals surface area contributed by atoms with E-state index >= 15 is 0 Å². The first kappa shape index (κ1) is 11.8. The van der Waals surface area contributed by atoms with Crippen molar-refractivity contribution in [3.8, 4) is 0 Å². The van der Waals surface area contributed by atoms with Gasteiger partial charge >= 0.3 is 0 Å². The number of Topliss-reactive ketones (excluding diaryl/α,β-unsaturated/α-hetero) is 1. The van der Waals surface area contributed by atoms with Crippen molar-refractivity contribution in [1.82, 2.24) is 0 Å². The zero-order valence-electron chi connectivity index (χ0n) is 9.79. The number of hydrogen-bond acceptors (Lipinski definition) is 2. The predicted molar refractivity (Wildman–Crippen MR) is 64.4 cm³/mol. The average Bonchev–Trinajstić information content (AvgIpc) is 2.21. The van der Waals surface area contributed by atoms with Gasteiger partial charge in [-0.3, -0.25) is 4.79 Å². The second kappa shape index (κ2) is 5.54. The van der Waals surface area contributed by atoms with E-state index < -0.39 is 0 Å². The van der Waals surface area contributed by atoms with Crippen molar-refractivity contribution < 1.29 is 4.79 Å². The van der Waals surface area contributed by atoms with Crippen LogP contribution < -0.4 is 4.90 Å². The Morgan fingerprint density at radius 2 is 1.87 bits per heavy atom. The highest BCUT2D eigenvalue weighted by atomic mass is 16.1. The van der Waals surface area contributed by atoms with E-state index in [0.29, 0.717) is 6.42 Å². The van der Waals surface area contributed by atoms with Crippen molar-refractivity contribution in [1.29, 1.82) is 0 Å². The molecule has 1 rings (SSSR count). The predicted octanol–water partition coefficient (Wildman–Crippen LogP) is 2.80. The standard InChI is InChI=1S/C13H19NO/c1-4-14(10-9-12(3)15)13-7-5-11(2)6-8-13/h5-8H,4,9-10H2,1-3H3. The number of nitrogens with zero attached hydrogens (tertiary/aromatic N) is 1. The third-order valence-corrected chi connectivity index (χ3v) is 2.51. The van der Waals surface area contributed by atoms with E-state index in [1.807, 2.05) is 0 Å². The molecule has 0 aromatic heterocycles. The minimum Gasteiger partial charge on any atom is -0.371 e. The first-order valence-corrected chi connectivity index (χ1v) is 5.44. The number of rotatable bonds is 5. The van der Waals surface area contributed by atoms with Gasteiger partial charge in [0.05, 0.1) is 0 Å². The van der Waals surface area contributed by atoms with E-state index in [9.17, 15) is 4.79 Å². The molecule has 1 aromatic carbocycles. The molecule has 2 nitrogen and oxygen atoms in total. The SMILES string of the molecule is CCN(CCC(C)=O)c1ccc(C)cc1. The van der Waals surface area contributed by atoms with Gasteiger partial charge in [0.2, 0.25) is 0 Å². The molecule has 0 N–H and O–H groups in total. The summed E-state index contributed by atoms with van der Waals surface area (Å²) >= 11 is 0. The van der Waals surface area contributed by atoms with Gasteiger partial charge in [-0.2, -0.15) is 0 Å². The molecule has 0 aliphatic carbocycles. The smallest absolute Gasteiger partial charge is 0.131 e. The lowest BCUT2D eigenvalue weighted by Gasteiger charge is -2.22. The lowest BCUT2D eigenvalue weighted by atomic mass is 10.2. The number of anilines is 1. The molecule has 0 aliphatic heterocycles. The lowest BCUT2D eigenvalue weighted by Crippen LogP contribution is -2.25. The van der Waals surface area contributed by atoms with Crippen LogP contribution in [0, 0.1) is 6.92 Å². The quantitative estimate of drug-likeness (QED) is 0.736. The first-order chi connectivity index (χ1) is 7.13. The van der Waals surface area contributed by atoms with E-state index in [1.54, 1.807) is 6.92 Å². The van der Waals surface area contributed by atoms with Crippen LogP contribution >= 0.6 is 0 Å². The molecule has 0 bridgehead atoms. The van der Waals surface area contributed by atoms with E-state index in [0.717, 1.165) is 13.1 Å². The van der Waals surface area contributed by atoms with Gasteiger partial charge in [-0.1, -0.05) is 17.7 Å². The maximum Gasteiger partial charge on any atom is 0.131 e. The first-order valence-electron chi connectivity index (χ1n) is 5.44. The number of benzene rings is 1. The van der Waals surface area contributed by atoms with E-state index in [4.69, 9.17) is 0 Å². The van der Waals surface area contributed by atoms with Crippen molar-refractivity contribution in [2.24, 2.45) is 0 Å². The average molecular weight is 205 g/mol. The van der Waals surface area contributed by atoms with Gasteiger partial charge in [0.25, 0.3) is 0 Å². The van der Waals surface area contributed by atoms with Crippen molar-refractivity contribution in [2.45, 2.75) is 27.2 Å². The number of ketones is 1. The Morgan fingerprint density at radius 3 is 2.33 bits per heavy atom. The largest absolute Gasteiger partial charge is 0.371 e. The maximum atomic E-state index is 10.9. The fourth-order valence-electron chi connectivity index (χ4n) is 1.52. The van der Waals surface area contributed by atoms with Gasteiger partial charge in [0.1, 0.15) is 5.78 Å². The highest BCUT2D eigenvalue weighted by Crippen LogP contribution is 2.14. The summed E-state index contributed by atoms with van der Waals surface area (Å²) in [5.74, 6) is 0.251. The third-order valence-electron chi connectivity index (χ3n) is 2.51. The Hall–Kier alpha value is -1.31. The highest BCUT2D eigenvalue weighted by Gasteiger charge is 2.04. The van der Waals surface area contributed by atoms with Crippen LogP contribution in [0.15, 0.2) is 24.3 Å². The van der Waals surface area contributed by atoms with Crippen LogP contribution in [0.1, 0.15) is 25.8 Å². The molecule has 2 heteroatoms. The maximum absolute atomic E-state index is 10.9. The number of carbonyl (C=O) groups is 1. The highest BCUT2D eigenvalue weighted by molar-refractivity contribution is 5.76. The molecule has 0 unspecified atom stereocenters. The fraction of sp³-hybridized carbons (Fsp3) is 0.462. The Labute approximate surface area is 91.9 Å². The summed E-state index contributed by atoms with van der Waals surface area (Å²) in [6.07, 6.45) is 0.627.